The van der Waals surface area contributed by atoms with Gasteiger partial charge in [0.05, 0.1) is 31.8 Å². The molecule has 12 heteroatoms. The van der Waals surface area contributed by atoms with Gasteiger partial charge in [-0.05, 0) is 18.6 Å². The maximum atomic E-state index is 13.0. The number of carbonyl (C=O) groups is 1. The first-order valence-corrected chi connectivity index (χ1v) is 10.2. The molecule has 12 nitrogen and oxygen atoms in total. The smallest absolute Gasteiger partial charge is 0.263 e. The summed E-state index contributed by atoms with van der Waals surface area (Å²) < 4.78 is 8.64. The predicted molar refractivity (Wildman–Crippen MR) is 115 cm³/mol. The first-order valence-electron chi connectivity index (χ1n) is 10.2. The molecule has 0 saturated heterocycles. The average molecular weight is 442 g/mol. The highest BCUT2D eigenvalue weighted by Gasteiger charge is 2.28. The Hall–Kier alpha value is -4.66. The number of aromatic nitrogens is 8. The molecule has 1 aliphatic rings. The van der Waals surface area contributed by atoms with Crippen LogP contribution in [0.15, 0.2) is 43.0 Å². The van der Waals surface area contributed by atoms with Crippen LogP contribution in [0.3, 0.4) is 0 Å². The lowest BCUT2D eigenvalue weighted by atomic mass is 10.1. The number of rotatable bonds is 6. The number of hydrogen-bond acceptors (Lipinski definition) is 9. The highest BCUT2D eigenvalue weighted by molar-refractivity contribution is 6.05. The fraction of sp³-hybridized carbons (Fsp3) is 0.238. The van der Waals surface area contributed by atoms with Crippen LogP contribution in [-0.4, -0.2) is 52.5 Å². The summed E-state index contributed by atoms with van der Waals surface area (Å²) in [7, 11) is 1.43. The van der Waals surface area contributed by atoms with Gasteiger partial charge < -0.3 is 14.6 Å². The predicted octanol–water partition coefficient (Wildman–Crippen LogP) is 1.98. The minimum absolute atomic E-state index is 0.0197. The zero-order valence-corrected chi connectivity index (χ0v) is 17.6. The normalized spacial score (nSPS) is 14.5. The van der Waals surface area contributed by atoms with Gasteiger partial charge in [0.1, 0.15) is 22.9 Å². The van der Waals surface area contributed by atoms with Gasteiger partial charge in [-0.25, -0.2) is 14.6 Å². The van der Waals surface area contributed by atoms with Gasteiger partial charge in [0.25, 0.3) is 5.91 Å². The van der Waals surface area contributed by atoms with E-state index < -0.39 is 5.91 Å². The van der Waals surface area contributed by atoms with Gasteiger partial charge in [0.2, 0.25) is 5.88 Å². The second-order valence-electron chi connectivity index (χ2n) is 7.29. The number of methoxy groups -OCH3 is 1. The number of aryl methyl sites for hydroxylation is 1. The van der Waals surface area contributed by atoms with Crippen molar-refractivity contribution >= 4 is 11.7 Å². The zero-order chi connectivity index (χ0) is 22.8. The molecule has 4 aromatic heterocycles. The number of ether oxygens (including phenoxy) is 1. The topological polar surface area (TPSA) is 149 Å². The summed E-state index contributed by atoms with van der Waals surface area (Å²) in [4.78, 5) is 25.7. The highest BCUT2D eigenvalue weighted by Crippen LogP contribution is 2.32. The zero-order valence-electron chi connectivity index (χ0n) is 17.6. The van der Waals surface area contributed by atoms with Crippen molar-refractivity contribution in [3.05, 3.63) is 54.4 Å². The molecular weight excluding hydrogens is 424 g/mol. The van der Waals surface area contributed by atoms with Gasteiger partial charge >= 0.3 is 0 Å². The largest absolute Gasteiger partial charge is 0.479 e. The van der Waals surface area contributed by atoms with Gasteiger partial charge in [0.15, 0.2) is 11.6 Å². The van der Waals surface area contributed by atoms with Crippen LogP contribution in [0.25, 0.3) is 17.3 Å². The number of pyridine rings is 1. The molecule has 5 rings (SSSR count). The summed E-state index contributed by atoms with van der Waals surface area (Å²) in [6.07, 6.45) is 8.10. The molecule has 0 fully saturated rings. The quantitative estimate of drug-likeness (QED) is 0.473. The van der Waals surface area contributed by atoms with Gasteiger partial charge in [-0.15, -0.1) is 15.3 Å². The van der Waals surface area contributed by atoms with E-state index >= 15 is 0 Å². The molecule has 164 valence electrons. The lowest BCUT2D eigenvalue weighted by molar-refractivity contribution is 0.102. The molecule has 0 aliphatic carbocycles. The third kappa shape index (κ3) is 3.76. The van der Waals surface area contributed by atoms with Crippen molar-refractivity contribution in [1.29, 1.82) is 5.26 Å². The standard InChI is InChI=1S/C21H18N10O2/c1-33-21-14(12-30(29-21)18-11-23-9-10-24-18)20(32)26-16-4-2-3-15(25-16)19-28-27-17-6-5-13(7-8-22)31(17)19/h2-4,9-13H,5-7H2,1H3,(H,25,26,32)/t13-/m1/s1. The van der Waals surface area contributed by atoms with E-state index in [0.717, 1.165) is 18.7 Å². The van der Waals surface area contributed by atoms with Gasteiger partial charge in [-0.2, -0.15) is 5.26 Å². The van der Waals surface area contributed by atoms with E-state index in [2.05, 4.69) is 41.6 Å². The van der Waals surface area contributed by atoms with E-state index in [0.29, 0.717) is 29.6 Å². The fourth-order valence-electron chi connectivity index (χ4n) is 3.78. The summed E-state index contributed by atoms with van der Waals surface area (Å²) in [5, 5.41) is 24.7. The number of anilines is 1. The maximum Gasteiger partial charge on any atom is 0.263 e. The first-order chi connectivity index (χ1) is 16.2. The van der Waals surface area contributed by atoms with Crippen LogP contribution in [0.2, 0.25) is 0 Å². The van der Waals surface area contributed by atoms with E-state index in [1.165, 1.54) is 30.4 Å². The monoisotopic (exact) mass is 442 g/mol. The molecule has 0 unspecified atom stereocenters. The van der Waals surface area contributed by atoms with Gasteiger partial charge in [0, 0.05) is 25.0 Å². The lowest BCUT2D eigenvalue weighted by Crippen LogP contribution is -2.14. The third-order valence-corrected chi connectivity index (χ3v) is 5.28. The van der Waals surface area contributed by atoms with Crippen molar-refractivity contribution in [2.45, 2.75) is 25.3 Å². The van der Waals surface area contributed by atoms with Crippen molar-refractivity contribution in [1.82, 2.24) is 39.5 Å². The van der Waals surface area contributed by atoms with Gasteiger partial charge in [-0.1, -0.05) is 6.07 Å². The molecule has 1 amide bonds. The van der Waals surface area contributed by atoms with Crippen molar-refractivity contribution in [2.24, 2.45) is 0 Å². The Balaban J connectivity index is 1.41. The minimum Gasteiger partial charge on any atom is -0.479 e. The molecule has 0 bridgehead atoms. The average Bonchev–Trinajstić information content (AvgIpc) is 3.56. The van der Waals surface area contributed by atoms with E-state index in [9.17, 15) is 4.79 Å². The molecule has 33 heavy (non-hydrogen) atoms. The summed E-state index contributed by atoms with van der Waals surface area (Å²) in [5.41, 5.74) is 0.770. The van der Waals surface area contributed by atoms with Crippen molar-refractivity contribution in [2.75, 3.05) is 12.4 Å². The van der Waals surface area contributed by atoms with Crippen LogP contribution in [0.4, 0.5) is 5.82 Å². The summed E-state index contributed by atoms with van der Waals surface area (Å²) >= 11 is 0. The van der Waals surface area contributed by atoms with Crippen LogP contribution in [-0.2, 0) is 6.42 Å². The van der Waals surface area contributed by atoms with E-state index in [1.54, 1.807) is 24.4 Å². The minimum atomic E-state index is -0.444. The SMILES string of the molecule is COc1nn(-c2cnccn2)cc1C(=O)Nc1cccc(-c2nnc3n2[C@@H](CC#N)CC3)n1. The number of carbonyl (C=O) groups excluding carboxylic acids is 1. The van der Waals surface area contributed by atoms with Crippen molar-refractivity contribution in [3.63, 3.8) is 0 Å². The van der Waals surface area contributed by atoms with Crippen LogP contribution in [0, 0.1) is 11.3 Å². The van der Waals surface area contributed by atoms with Crippen LogP contribution >= 0.6 is 0 Å². The Morgan fingerprint density at radius 2 is 2.24 bits per heavy atom. The maximum absolute atomic E-state index is 13.0. The molecule has 1 atom stereocenters. The highest BCUT2D eigenvalue weighted by atomic mass is 16.5. The number of nitrogens with zero attached hydrogens (tertiary/aromatic N) is 9. The second-order valence-corrected chi connectivity index (χ2v) is 7.29. The molecular formula is C21H18N10O2. The molecule has 1 aliphatic heterocycles. The number of hydrogen-bond donors (Lipinski definition) is 1. The van der Waals surface area contributed by atoms with E-state index in [4.69, 9.17) is 10.00 Å². The van der Waals surface area contributed by atoms with Crippen LogP contribution < -0.4 is 10.1 Å². The lowest BCUT2D eigenvalue weighted by Gasteiger charge is -2.12. The molecule has 0 radical (unpaired) electrons. The summed E-state index contributed by atoms with van der Waals surface area (Å²) in [5.74, 6) is 1.89. The Labute approximate surface area is 187 Å². The number of nitriles is 1. The number of fused-ring (bicyclic) bond motifs is 1. The summed E-state index contributed by atoms with van der Waals surface area (Å²) in [6.45, 7) is 0. The number of nitrogens with one attached hydrogen (secondary N) is 1. The Kier molecular flexibility index (Phi) is 5.19. The van der Waals surface area contributed by atoms with Crippen LogP contribution in [0.1, 0.15) is 35.1 Å². The Morgan fingerprint density at radius 3 is 3.03 bits per heavy atom. The second kappa shape index (κ2) is 8.46. The molecule has 0 aromatic carbocycles. The first kappa shape index (κ1) is 20.3. The summed E-state index contributed by atoms with van der Waals surface area (Å²) in [6, 6.07) is 7.48. The van der Waals surface area contributed by atoms with Crippen LogP contribution in [0.5, 0.6) is 5.88 Å². The van der Waals surface area contributed by atoms with Gasteiger partial charge in [-0.3, -0.25) is 9.78 Å². The third-order valence-electron chi connectivity index (χ3n) is 5.28. The molecule has 0 saturated carbocycles. The van der Waals surface area contributed by atoms with Crippen molar-refractivity contribution in [3.8, 4) is 29.3 Å². The van der Waals surface area contributed by atoms with E-state index in [1.807, 2.05) is 4.57 Å². The van der Waals surface area contributed by atoms with Crippen molar-refractivity contribution < 1.29 is 9.53 Å². The molecule has 5 heterocycles. The Morgan fingerprint density at radius 1 is 1.33 bits per heavy atom. The fourth-order valence-corrected chi connectivity index (χ4v) is 3.78. The molecule has 1 N–H and O–H groups in total. The molecule has 4 aromatic rings. The van der Waals surface area contributed by atoms with E-state index in [-0.39, 0.29) is 17.5 Å². The molecule has 0 spiro atoms. The Bertz CT molecular complexity index is 1360. The number of amides is 1.